The minimum atomic E-state index is -0.717. The van der Waals surface area contributed by atoms with Gasteiger partial charge in [0.1, 0.15) is 7.05 Å². The SMILES string of the molecule is C[N+]1=C(/C=C/C=C/C=C2/N(CCCCCC(=O)O)c3ccc4ccccc4c3C2(C)C)C(C)(C)c2c1ccc1ccccc21.[Cl-]. The Morgan fingerprint density at radius 2 is 1.42 bits per heavy atom. The molecule has 4 nitrogen and oxygen atoms in total. The predicted molar refractivity (Wildman–Crippen MR) is 185 cm³/mol. The van der Waals surface area contributed by atoms with Crippen molar-refractivity contribution >= 4 is 44.6 Å². The number of carboxylic acid groups (broad SMARTS) is 1. The molecular weight excluding hydrogens is 576 g/mol. The number of allylic oxidation sites excluding steroid dienone is 6. The van der Waals surface area contributed by atoms with Gasteiger partial charge in [-0.25, -0.2) is 0 Å². The number of carboxylic acids is 1. The Morgan fingerprint density at radius 3 is 2.11 bits per heavy atom. The summed E-state index contributed by atoms with van der Waals surface area (Å²) in [4.78, 5) is 13.5. The first kappa shape index (κ1) is 32.2. The first-order valence-corrected chi connectivity index (χ1v) is 15.8. The van der Waals surface area contributed by atoms with Crippen LogP contribution in [-0.4, -0.2) is 35.0 Å². The molecule has 2 aliphatic rings. The number of halogens is 1. The number of carbonyl (C=O) groups is 1. The van der Waals surface area contributed by atoms with Crippen LogP contribution in [0.15, 0.2) is 109 Å². The maximum absolute atomic E-state index is 11.0. The van der Waals surface area contributed by atoms with Crippen molar-refractivity contribution in [2.24, 2.45) is 0 Å². The molecular formula is C40H43ClN2O2. The molecule has 0 spiro atoms. The second-order valence-corrected chi connectivity index (χ2v) is 13.2. The number of fused-ring (bicyclic) bond motifs is 6. The van der Waals surface area contributed by atoms with E-state index in [1.54, 1.807) is 0 Å². The third kappa shape index (κ3) is 5.73. The zero-order chi connectivity index (χ0) is 31.1. The Labute approximate surface area is 273 Å². The largest absolute Gasteiger partial charge is 1.00 e. The highest BCUT2D eigenvalue weighted by molar-refractivity contribution is 6.07. The van der Waals surface area contributed by atoms with Gasteiger partial charge in [0.25, 0.3) is 0 Å². The zero-order valence-electron chi connectivity index (χ0n) is 27.0. The van der Waals surface area contributed by atoms with Crippen LogP contribution in [0.3, 0.4) is 0 Å². The van der Waals surface area contributed by atoms with E-state index in [-0.39, 0.29) is 29.7 Å². The van der Waals surface area contributed by atoms with Crippen molar-refractivity contribution in [2.45, 2.75) is 64.2 Å². The summed E-state index contributed by atoms with van der Waals surface area (Å²) in [7, 11) is 2.17. The van der Waals surface area contributed by atoms with E-state index in [2.05, 4.69) is 147 Å². The molecule has 4 aromatic carbocycles. The first-order chi connectivity index (χ1) is 21.1. The topological polar surface area (TPSA) is 43.5 Å². The van der Waals surface area contributed by atoms with Gasteiger partial charge in [-0.15, -0.1) is 0 Å². The molecule has 0 aromatic heterocycles. The number of benzene rings is 4. The lowest BCUT2D eigenvalue weighted by Gasteiger charge is -2.27. The van der Waals surface area contributed by atoms with Crippen molar-refractivity contribution in [1.82, 2.24) is 0 Å². The summed E-state index contributed by atoms with van der Waals surface area (Å²) in [5.74, 6) is -0.717. The molecule has 0 radical (unpaired) electrons. The molecule has 6 rings (SSSR count). The van der Waals surface area contributed by atoms with Gasteiger partial charge in [-0.05, 0) is 72.0 Å². The minimum Gasteiger partial charge on any atom is -1.00 e. The molecule has 0 fully saturated rings. The highest BCUT2D eigenvalue weighted by Gasteiger charge is 2.44. The first-order valence-electron chi connectivity index (χ1n) is 15.8. The Bertz CT molecular complexity index is 1890. The van der Waals surface area contributed by atoms with Gasteiger partial charge in [-0.1, -0.05) is 93.1 Å². The number of hydrogen-bond acceptors (Lipinski definition) is 2. The fraction of sp³-hybridized carbons (Fsp3) is 0.300. The van der Waals surface area contributed by atoms with Crippen LogP contribution in [0.25, 0.3) is 21.5 Å². The fourth-order valence-corrected chi connectivity index (χ4v) is 7.55. The van der Waals surface area contributed by atoms with Gasteiger partial charge in [0, 0.05) is 47.5 Å². The lowest BCUT2D eigenvalue weighted by molar-refractivity contribution is -0.401. The molecule has 45 heavy (non-hydrogen) atoms. The Hall–Kier alpha value is -4.15. The second kappa shape index (κ2) is 12.7. The molecule has 1 N–H and O–H groups in total. The third-order valence-corrected chi connectivity index (χ3v) is 9.65. The zero-order valence-corrected chi connectivity index (χ0v) is 27.7. The standard InChI is InChI=1S/C40H42N2O2.ClH/c1-39(2)34(41(5)32-25-23-28-16-11-13-18-30(28)37(32)39)20-8-6-9-21-35-40(3,4)38-31-19-14-12-17-29(31)24-26-33(38)42(35)27-15-7-10-22-36(43)44;/h6,8-9,11-14,16-21,23-26H,7,10,15,22,27H2,1-5H3;1H. The van der Waals surface area contributed by atoms with E-state index in [4.69, 9.17) is 5.11 Å². The average Bonchev–Trinajstić information content (AvgIpc) is 3.34. The van der Waals surface area contributed by atoms with Crippen LogP contribution < -0.4 is 17.3 Å². The van der Waals surface area contributed by atoms with E-state index in [0.29, 0.717) is 6.42 Å². The number of aliphatic carboxylic acids is 1. The van der Waals surface area contributed by atoms with Crippen LogP contribution in [0, 0.1) is 0 Å². The van der Waals surface area contributed by atoms with Crippen molar-refractivity contribution in [3.8, 4) is 0 Å². The van der Waals surface area contributed by atoms with E-state index in [0.717, 1.165) is 19.4 Å². The second-order valence-electron chi connectivity index (χ2n) is 13.2. The quantitative estimate of drug-likeness (QED) is 0.133. The molecule has 232 valence electrons. The maximum atomic E-state index is 11.0. The highest BCUT2D eigenvalue weighted by atomic mass is 35.5. The number of anilines is 1. The van der Waals surface area contributed by atoms with Gasteiger partial charge >= 0.3 is 5.97 Å². The van der Waals surface area contributed by atoms with E-state index >= 15 is 0 Å². The minimum absolute atomic E-state index is 0. The van der Waals surface area contributed by atoms with Gasteiger partial charge in [-0.3, -0.25) is 4.79 Å². The van der Waals surface area contributed by atoms with E-state index in [1.165, 1.54) is 55.5 Å². The summed E-state index contributed by atoms with van der Waals surface area (Å²) < 4.78 is 2.33. The van der Waals surface area contributed by atoms with Crippen molar-refractivity contribution in [3.05, 3.63) is 120 Å². The van der Waals surface area contributed by atoms with Crippen molar-refractivity contribution in [2.75, 3.05) is 18.5 Å². The van der Waals surface area contributed by atoms with E-state index in [9.17, 15) is 4.79 Å². The lowest BCUT2D eigenvalue weighted by atomic mass is 9.79. The van der Waals surface area contributed by atoms with E-state index < -0.39 is 5.97 Å². The molecule has 5 heteroatoms. The van der Waals surface area contributed by atoms with Crippen LogP contribution in [0.2, 0.25) is 0 Å². The monoisotopic (exact) mass is 618 g/mol. The van der Waals surface area contributed by atoms with Crippen molar-refractivity contribution in [3.63, 3.8) is 0 Å². The number of hydrogen-bond donors (Lipinski definition) is 1. The Balaban J connectivity index is 0.00000400. The average molecular weight is 619 g/mol. The van der Waals surface area contributed by atoms with Crippen LogP contribution in [0.1, 0.15) is 64.5 Å². The smallest absolute Gasteiger partial charge is 0.303 e. The van der Waals surface area contributed by atoms with Gasteiger partial charge in [0.05, 0.1) is 5.41 Å². The molecule has 2 aliphatic heterocycles. The molecule has 0 bridgehead atoms. The summed E-state index contributed by atoms with van der Waals surface area (Å²) in [6.45, 7) is 10.2. The molecule has 0 saturated carbocycles. The summed E-state index contributed by atoms with van der Waals surface area (Å²) in [5, 5.41) is 14.2. The highest BCUT2D eigenvalue weighted by Crippen LogP contribution is 2.51. The van der Waals surface area contributed by atoms with Crippen molar-refractivity contribution < 1.29 is 26.9 Å². The number of nitrogens with zero attached hydrogens (tertiary/aromatic N) is 2. The Morgan fingerprint density at radius 1 is 0.778 bits per heavy atom. The molecule has 0 atom stereocenters. The normalized spacial score (nSPS) is 17.5. The summed E-state index contributed by atoms with van der Waals surface area (Å²) in [6, 6.07) is 26.3. The molecule has 0 aliphatic carbocycles. The lowest BCUT2D eigenvalue weighted by Crippen LogP contribution is -3.00. The van der Waals surface area contributed by atoms with Crippen LogP contribution in [-0.2, 0) is 15.6 Å². The Kier molecular flexibility index (Phi) is 9.09. The number of rotatable bonds is 9. The van der Waals surface area contributed by atoms with Crippen LogP contribution >= 0.6 is 0 Å². The summed E-state index contributed by atoms with van der Waals surface area (Å²) in [5.41, 5.74) is 7.57. The molecule has 2 heterocycles. The van der Waals surface area contributed by atoms with E-state index in [1.807, 2.05) is 0 Å². The molecule has 4 aromatic rings. The van der Waals surface area contributed by atoms with Crippen LogP contribution in [0.4, 0.5) is 11.4 Å². The molecule has 0 amide bonds. The molecule has 0 unspecified atom stereocenters. The maximum Gasteiger partial charge on any atom is 0.303 e. The molecule has 0 saturated heterocycles. The summed E-state index contributed by atoms with van der Waals surface area (Å²) in [6.07, 6.45) is 13.8. The number of unbranched alkanes of at least 4 members (excludes halogenated alkanes) is 2. The fourth-order valence-electron chi connectivity index (χ4n) is 7.55. The van der Waals surface area contributed by atoms with Crippen molar-refractivity contribution in [1.29, 1.82) is 0 Å². The van der Waals surface area contributed by atoms with Gasteiger partial charge in [0.2, 0.25) is 5.69 Å². The van der Waals surface area contributed by atoms with Gasteiger partial charge in [0.15, 0.2) is 5.71 Å². The van der Waals surface area contributed by atoms with Gasteiger partial charge in [-0.2, -0.15) is 4.58 Å². The summed E-state index contributed by atoms with van der Waals surface area (Å²) >= 11 is 0. The van der Waals surface area contributed by atoms with Gasteiger partial charge < -0.3 is 22.4 Å². The van der Waals surface area contributed by atoms with Crippen LogP contribution in [0.5, 0.6) is 0 Å². The third-order valence-electron chi connectivity index (χ3n) is 9.65. The predicted octanol–water partition coefficient (Wildman–Crippen LogP) is 6.44.